The van der Waals surface area contributed by atoms with Gasteiger partial charge >= 0.3 is 17.8 Å². The minimum atomic E-state index is -3.50. The molecule has 0 spiro atoms. The second kappa shape index (κ2) is 4.18. The van der Waals surface area contributed by atoms with E-state index in [0.717, 1.165) is 4.31 Å². The predicted molar refractivity (Wildman–Crippen MR) is 52.7 cm³/mol. The van der Waals surface area contributed by atoms with Gasteiger partial charge in [0.15, 0.2) is 0 Å². The molecule has 0 atom stereocenters. The number of sulfonamides is 1. The standard InChI is InChI=1S/C7H11N3O5S/c1-9(2)16(14,15)4-3-10-6(12)5(11)8-7(10)13/h3-4H2,1-2H3,(H,8,11,13). The van der Waals surface area contributed by atoms with Gasteiger partial charge in [0, 0.05) is 20.6 Å². The number of imide groups is 2. The molecule has 0 radical (unpaired) electrons. The Balaban J connectivity index is 2.67. The third-order valence-electron chi connectivity index (χ3n) is 2.03. The lowest BCUT2D eigenvalue weighted by Gasteiger charge is -2.14. The number of nitrogens with one attached hydrogen (secondary N) is 1. The molecule has 0 unspecified atom stereocenters. The molecule has 4 amide bonds. The van der Waals surface area contributed by atoms with Gasteiger partial charge in [0.2, 0.25) is 10.0 Å². The molecule has 1 rings (SSSR count). The fourth-order valence-electron chi connectivity index (χ4n) is 1.03. The Morgan fingerprint density at radius 2 is 1.81 bits per heavy atom. The van der Waals surface area contributed by atoms with Crippen molar-refractivity contribution in [3.63, 3.8) is 0 Å². The molecule has 1 heterocycles. The van der Waals surface area contributed by atoms with Crippen LogP contribution >= 0.6 is 0 Å². The fraction of sp³-hybridized carbons (Fsp3) is 0.571. The molecule has 1 N–H and O–H groups in total. The molecular weight excluding hydrogens is 238 g/mol. The van der Waals surface area contributed by atoms with Crippen LogP contribution in [0, 0.1) is 0 Å². The molecule has 1 aliphatic rings. The highest BCUT2D eigenvalue weighted by atomic mass is 32.2. The Labute approximate surface area is 92.2 Å². The summed E-state index contributed by atoms with van der Waals surface area (Å²) in [6.45, 7) is -0.336. The van der Waals surface area contributed by atoms with Crippen molar-refractivity contribution < 1.29 is 22.8 Å². The molecule has 90 valence electrons. The van der Waals surface area contributed by atoms with Crippen LogP contribution in [0.4, 0.5) is 4.79 Å². The van der Waals surface area contributed by atoms with Crippen molar-refractivity contribution in [2.24, 2.45) is 0 Å². The van der Waals surface area contributed by atoms with Crippen molar-refractivity contribution in [2.45, 2.75) is 0 Å². The summed E-state index contributed by atoms with van der Waals surface area (Å²) in [4.78, 5) is 33.5. The lowest BCUT2D eigenvalue weighted by molar-refractivity contribution is -0.140. The summed E-state index contributed by atoms with van der Waals surface area (Å²) in [5.74, 6) is -2.47. The number of rotatable bonds is 4. The number of nitrogens with zero attached hydrogens (tertiary/aromatic N) is 2. The first kappa shape index (κ1) is 12.6. The van der Waals surface area contributed by atoms with Crippen LogP contribution in [-0.2, 0) is 19.6 Å². The molecule has 0 aromatic carbocycles. The lowest BCUT2D eigenvalue weighted by Crippen LogP contribution is -2.38. The molecule has 1 fully saturated rings. The van der Waals surface area contributed by atoms with E-state index in [9.17, 15) is 22.8 Å². The van der Waals surface area contributed by atoms with Crippen LogP contribution in [-0.4, -0.2) is 61.9 Å². The van der Waals surface area contributed by atoms with Gasteiger partial charge in [0.1, 0.15) is 0 Å². The summed E-state index contributed by atoms with van der Waals surface area (Å²) < 4.78 is 23.7. The number of hydrogen-bond donors (Lipinski definition) is 1. The maximum Gasteiger partial charge on any atom is 0.331 e. The summed E-state index contributed by atoms with van der Waals surface area (Å²) in [6, 6.07) is -0.885. The van der Waals surface area contributed by atoms with Crippen molar-refractivity contribution in [2.75, 3.05) is 26.4 Å². The predicted octanol–water partition coefficient (Wildman–Crippen LogP) is -2.04. The Bertz CT molecular complexity index is 441. The quantitative estimate of drug-likeness (QED) is 0.456. The molecule has 8 nitrogen and oxygen atoms in total. The average Bonchev–Trinajstić information content (AvgIpc) is 2.39. The normalized spacial score (nSPS) is 17.2. The maximum atomic E-state index is 11.4. The number of amides is 4. The Morgan fingerprint density at radius 3 is 2.19 bits per heavy atom. The first-order valence-electron chi connectivity index (χ1n) is 4.32. The van der Waals surface area contributed by atoms with Crippen LogP contribution in [0.25, 0.3) is 0 Å². The smallest absolute Gasteiger partial charge is 0.269 e. The number of urea groups is 1. The highest BCUT2D eigenvalue weighted by Crippen LogP contribution is 2.02. The Morgan fingerprint density at radius 1 is 1.25 bits per heavy atom. The van der Waals surface area contributed by atoms with E-state index in [2.05, 4.69) is 0 Å². The van der Waals surface area contributed by atoms with E-state index in [1.54, 1.807) is 5.32 Å². The zero-order valence-corrected chi connectivity index (χ0v) is 9.57. The average molecular weight is 249 g/mol. The second-order valence-electron chi connectivity index (χ2n) is 3.31. The van der Waals surface area contributed by atoms with Crippen LogP contribution in [0.5, 0.6) is 0 Å². The van der Waals surface area contributed by atoms with Crippen LogP contribution in [0.2, 0.25) is 0 Å². The monoisotopic (exact) mass is 249 g/mol. The summed E-state index contributed by atoms with van der Waals surface area (Å²) in [5, 5.41) is 1.77. The third-order valence-corrected chi connectivity index (χ3v) is 3.85. The zero-order chi connectivity index (χ0) is 12.5. The largest absolute Gasteiger partial charge is 0.331 e. The van der Waals surface area contributed by atoms with Crippen molar-refractivity contribution in [1.29, 1.82) is 0 Å². The van der Waals surface area contributed by atoms with Crippen molar-refractivity contribution >= 4 is 27.9 Å². The van der Waals surface area contributed by atoms with Gasteiger partial charge in [-0.15, -0.1) is 0 Å². The third kappa shape index (κ3) is 2.36. The summed E-state index contributed by atoms with van der Waals surface area (Å²) in [7, 11) is -0.823. The van der Waals surface area contributed by atoms with E-state index in [1.807, 2.05) is 0 Å². The number of carbonyl (C=O) groups is 3. The van der Waals surface area contributed by atoms with Crippen LogP contribution < -0.4 is 5.32 Å². The van der Waals surface area contributed by atoms with Gasteiger partial charge in [0.05, 0.1) is 5.75 Å². The molecule has 0 saturated carbocycles. The second-order valence-corrected chi connectivity index (χ2v) is 5.62. The fourth-order valence-corrected chi connectivity index (χ4v) is 1.80. The lowest BCUT2D eigenvalue weighted by atomic mass is 10.5. The topological polar surface area (TPSA) is 104 Å². The van der Waals surface area contributed by atoms with Crippen molar-refractivity contribution in [1.82, 2.24) is 14.5 Å². The van der Waals surface area contributed by atoms with Crippen LogP contribution in [0.1, 0.15) is 0 Å². The molecule has 0 aliphatic carbocycles. The van der Waals surface area contributed by atoms with E-state index in [4.69, 9.17) is 0 Å². The van der Waals surface area contributed by atoms with Gasteiger partial charge in [-0.05, 0) is 0 Å². The number of hydrogen-bond acceptors (Lipinski definition) is 5. The van der Waals surface area contributed by atoms with E-state index in [-0.39, 0.29) is 6.54 Å². The van der Waals surface area contributed by atoms with Gasteiger partial charge in [-0.3, -0.25) is 19.8 Å². The Kier molecular flexibility index (Phi) is 3.29. The minimum absolute atomic E-state index is 0.336. The van der Waals surface area contributed by atoms with E-state index in [0.29, 0.717) is 4.90 Å². The van der Waals surface area contributed by atoms with Gasteiger partial charge in [0.25, 0.3) is 0 Å². The SMILES string of the molecule is CN(C)S(=O)(=O)CCN1C(=O)NC(=O)C1=O. The molecule has 0 aromatic rings. The van der Waals surface area contributed by atoms with E-state index in [1.165, 1.54) is 14.1 Å². The number of carbonyl (C=O) groups excluding carboxylic acids is 3. The van der Waals surface area contributed by atoms with E-state index < -0.39 is 33.6 Å². The Hall–Kier alpha value is -1.48. The molecule has 0 bridgehead atoms. The van der Waals surface area contributed by atoms with Gasteiger partial charge < -0.3 is 0 Å². The highest BCUT2D eigenvalue weighted by molar-refractivity contribution is 7.89. The molecular formula is C7H11N3O5S. The summed E-state index contributed by atoms with van der Waals surface area (Å²) >= 11 is 0. The molecule has 1 saturated heterocycles. The first-order chi connectivity index (χ1) is 7.25. The molecule has 16 heavy (non-hydrogen) atoms. The van der Waals surface area contributed by atoms with Gasteiger partial charge in [-0.25, -0.2) is 17.5 Å². The van der Waals surface area contributed by atoms with E-state index >= 15 is 0 Å². The van der Waals surface area contributed by atoms with Gasteiger partial charge in [-0.1, -0.05) is 0 Å². The van der Waals surface area contributed by atoms with Gasteiger partial charge in [-0.2, -0.15) is 0 Å². The minimum Gasteiger partial charge on any atom is -0.269 e. The summed E-state index contributed by atoms with van der Waals surface area (Å²) in [6.07, 6.45) is 0. The summed E-state index contributed by atoms with van der Waals surface area (Å²) in [5.41, 5.74) is 0. The first-order valence-corrected chi connectivity index (χ1v) is 5.93. The zero-order valence-electron chi connectivity index (χ0n) is 8.76. The van der Waals surface area contributed by atoms with Crippen LogP contribution in [0.3, 0.4) is 0 Å². The highest BCUT2D eigenvalue weighted by Gasteiger charge is 2.37. The van der Waals surface area contributed by atoms with Crippen LogP contribution in [0.15, 0.2) is 0 Å². The molecule has 1 aliphatic heterocycles. The van der Waals surface area contributed by atoms with Crippen molar-refractivity contribution in [3.05, 3.63) is 0 Å². The molecule has 0 aromatic heterocycles. The molecule has 9 heteroatoms. The van der Waals surface area contributed by atoms with Crippen molar-refractivity contribution in [3.8, 4) is 0 Å². The maximum absolute atomic E-state index is 11.4.